The summed E-state index contributed by atoms with van der Waals surface area (Å²) >= 11 is 0. The molecule has 1 amide bonds. The van der Waals surface area contributed by atoms with E-state index in [0.717, 1.165) is 0 Å². The molecule has 3 atom stereocenters. The molecule has 1 rings (SSSR count). The fourth-order valence-electron chi connectivity index (χ4n) is 1.06. The normalized spacial score (nSPS) is 32.8. The van der Waals surface area contributed by atoms with Gasteiger partial charge in [0.1, 0.15) is 0 Å². The Hall–Kier alpha value is -0.810. The Balaban J connectivity index is 2.57. The van der Waals surface area contributed by atoms with Gasteiger partial charge in [0.25, 0.3) is 0 Å². The maximum Gasteiger partial charge on any atom is 0.408 e. The molecule has 1 heterocycles. The topological polar surface area (TPSA) is 78.8 Å². The van der Waals surface area contributed by atoms with E-state index >= 15 is 0 Å². The van der Waals surface area contributed by atoms with Gasteiger partial charge in [0.15, 0.2) is 6.10 Å². The number of nitrogens with one attached hydrogen (secondary N) is 1. The predicted molar refractivity (Wildman–Crippen MR) is 36.0 cm³/mol. The van der Waals surface area contributed by atoms with Crippen molar-refractivity contribution in [2.75, 3.05) is 6.61 Å². The molecule has 0 aromatic heterocycles. The van der Waals surface area contributed by atoms with Crippen LogP contribution in [0.4, 0.5) is 4.79 Å². The summed E-state index contributed by atoms with van der Waals surface area (Å²) in [6.45, 7) is 1.29. The molecule has 1 saturated heterocycles. The predicted octanol–water partition coefficient (Wildman–Crippen LogP) is -1.16. The van der Waals surface area contributed by atoms with Gasteiger partial charge in [-0.25, -0.2) is 4.79 Å². The number of carbonyl (C=O) groups is 1. The van der Waals surface area contributed by atoms with E-state index < -0.39 is 24.3 Å². The molecule has 0 radical (unpaired) electrons. The largest absolute Gasteiger partial charge is 0.441 e. The highest BCUT2D eigenvalue weighted by Crippen LogP contribution is 2.11. The number of rotatable bonds is 2. The summed E-state index contributed by atoms with van der Waals surface area (Å²) in [7, 11) is 0. The van der Waals surface area contributed by atoms with Crippen LogP contribution in [0.1, 0.15) is 6.92 Å². The summed E-state index contributed by atoms with van der Waals surface area (Å²) in [5.74, 6) is 0. The van der Waals surface area contributed by atoms with Crippen LogP contribution in [-0.4, -0.2) is 41.2 Å². The molecule has 0 bridgehead atoms. The third kappa shape index (κ3) is 1.61. The van der Waals surface area contributed by atoms with Crippen LogP contribution in [0.3, 0.4) is 0 Å². The van der Waals surface area contributed by atoms with Gasteiger partial charge in [0, 0.05) is 0 Å². The first-order valence-corrected chi connectivity index (χ1v) is 3.41. The van der Waals surface area contributed by atoms with E-state index in [9.17, 15) is 4.79 Å². The molecule has 3 N–H and O–H groups in total. The third-order valence-corrected chi connectivity index (χ3v) is 1.62. The van der Waals surface area contributed by atoms with Crippen LogP contribution >= 0.6 is 0 Å². The lowest BCUT2D eigenvalue weighted by Gasteiger charge is -2.16. The van der Waals surface area contributed by atoms with E-state index in [-0.39, 0.29) is 6.61 Å². The molecular weight excluding hydrogens is 150 g/mol. The number of ether oxygens (including phenoxy) is 1. The monoisotopic (exact) mass is 161 g/mol. The molecule has 64 valence electrons. The summed E-state index contributed by atoms with van der Waals surface area (Å²) in [5.41, 5.74) is 0. The minimum Gasteiger partial charge on any atom is -0.441 e. The summed E-state index contributed by atoms with van der Waals surface area (Å²) < 4.78 is 4.67. The molecule has 0 saturated carbocycles. The molecule has 0 unspecified atom stereocenters. The number of cyclic esters (lactones) is 1. The van der Waals surface area contributed by atoms with Crippen molar-refractivity contribution in [1.29, 1.82) is 0 Å². The number of aliphatic hydroxyl groups excluding tert-OH is 2. The molecule has 1 fully saturated rings. The fraction of sp³-hybridized carbons (Fsp3) is 0.833. The van der Waals surface area contributed by atoms with Crippen molar-refractivity contribution in [2.45, 2.75) is 25.2 Å². The zero-order valence-corrected chi connectivity index (χ0v) is 6.15. The smallest absolute Gasteiger partial charge is 0.408 e. The first-order valence-electron chi connectivity index (χ1n) is 3.41. The molecule has 5 heteroatoms. The van der Waals surface area contributed by atoms with Gasteiger partial charge in [-0.1, -0.05) is 0 Å². The fourth-order valence-corrected chi connectivity index (χ4v) is 1.06. The van der Waals surface area contributed by atoms with Gasteiger partial charge in [-0.15, -0.1) is 0 Å². The average Bonchev–Trinajstić information content (AvgIpc) is 2.30. The molecular formula is C6H11NO4. The van der Waals surface area contributed by atoms with Crippen LogP contribution in [-0.2, 0) is 4.74 Å². The van der Waals surface area contributed by atoms with Crippen LogP contribution in [0.15, 0.2) is 0 Å². The van der Waals surface area contributed by atoms with Crippen molar-refractivity contribution >= 4 is 6.09 Å². The molecule has 1 aliphatic rings. The van der Waals surface area contributed by atoms with E-state index in [4.69, 9.17) is 10.2 Å². The minimum atomic E-state index is -0.758. The average molecular weight is 161 g/mol. The van der Waals surface area contributed by atoms with E-state index in [1.807, 2.05) is 0 Å². The number of carbonyl (C=O) groups excluding carboxylic acids is 1. The first-order chi connectivity index (χ1) is 5.15. The zero-order chi connectivity index (χ0) is 8.43. The Kier molecular flexibility index (Phi) is 2.31. The summed E-state index contributed by atoms with van der Waals surface area (Å²) in [6, 6.07) is -0.484. The molecule has 0 aliphatic carbocycles. The Labute approximate surface area is 64.0 Å². The lowest BCUT2D eigenvalue weighted by Crippen LogP contribution is -2.40. The first kappa shape index (κ1) is 8.29. The van der Waals surface area contributed by atoms with Crippen molar-refractivity contribution in [3.63, 3.8) is 0 Å². The summed E-state index contributed by atoms with van der Waals surface area (Å²) in [6.07, 6.45) is -1.98. The van der Waals surface area contributed by atoms with Crippen molar-refractivity contribution in [3.05, 3.63) is 0 Å². The van der Waals surface area contributed by atoms with E-state index in [2.05, 4.69) is 10.1 Å². The molecule has 0 spiro atoms. The van der Waals surface area contributed by atoms with Gasteiger partial charge in [-0.2, -0.15) is 0 Å². The Morgan fingerprint density at radius 2 is 2.45 bits per heavy atom. The Morgan fingerprint density at radius 1 is 1.82 bits per heavy atom. The van der Waals surface area contributed by atoms with E-state index in [1.165, 1.54) is 6.92 Å². The van der Waals surface area contributed by atoms with Gasteiger partial charge >= 0.3 is 6.09 Å². The second-order valence-electron chi connectivity index (χ2n) is 2.54. The quantitative estimate of drug-likeness (QED) is 0.477. The van der Waals surface area contributed by atoms with E-state index in [1.54, 1.807) is 0 Å². The number of hydrogen-bond acceptors (Lipinski definition) is 4. The number of hydrogen-bond donors (Lipinski definition) is 3. The second-order valence-corrected chi connectivity index (χ2v) is 2.54. The van der Waals surface area contributed by atoms with E-state index in [0.29, 0.717) is 0 Å². The van der Waals surface area contributed by atoms with Gasteiger partial charge in [0.2, 0.25) is 0 Å². The van der Waals surface area contributed by atoms with Crippen LogP contribution in [0.25, 0.3) is 0 Å². The van der Waals surface area contributed by atoms with Gasteiger partial charge < -0.3 is 20.3 Å². The third-order valence-electron chi connectivity index (χ3n) is 1.62. The summed E-state index contributed by atoms with van der Waals surface area (Å²) in [5, 5.41) is 20.1. The van der Waals surface area contributed by atoms with Crippen molar-refractivity contribution < 1.29 is 19.7 Å². The zero-order valence-electron chi connectivity index (χ0n) is 6.15. The van der Waals surface area contributed by atoms with Crippen LogP contribution in [0.5, 0.6) is 0 Å². The molecule has 5 nitrogen and oxygen atoms in total. The maximum absolute atomic E-state index is 10.6. The van der Waals surface area contributed by atoms with Gasteiger partial charge in [-0.3, -0.25) is 0 Å². The lowest BCUT2D eigenvalue weighted by molar-refractivity contribution is 0.0206. The number of aliphatic hydroxyl groups is 2. The highest BCUT2D eigenvalue weighted by atomic mass is 16.6. The van der Waals surface area contributed by atoms with Crippen LogP contribution in [0, 0.1) is 0 Å². The lowest BCUT2D eigenvalue weighted by atomic mass is 10.1. The van der Waals surface area contributed by atoms with Crippen molar-refractivity contribution in [3.8, 4) is 0 Å². The van der Waals surface area contributed by atoms with Crippen molar-refractivity contribution in [2.24, 2.45) is 0 Å². The molecule has 0 aromatic carbocycles. The van der Waals surface area contributed by atoms with Gasteiger partial charge in [0.05, 0.1) is 18.8 Å². The number of amides is 1. The molecule has 11 heavy (non-hydrogen) atoms. The highest BCUT2D eigenvalue weighted by molar-refractivity contribution is 5.70. The SMILES string of the molecule is C[C@H](O)[C@@H]1OC(=O)N[C@H]1CO. The standard InChI is InChI=1S/C6H11NO4/c1-3(9)5-4(2-8)7-6(10)11-5/h3-5,8-9H,2H2,1H3,(H,7,10)/t3-,4-,5-/m0/s1. The molecule has 1 aliphatic heterocycles. The Morgan fingerprint density at radius 3 is 2.82 bits per heavy atom. The summed E-state index contributed by atoms with van der Waals surface area (Å²) in [4.78, 5) is 10.6. The van der Waals surface area contributed by atoms with Crippen LogP contribution in [0.2, 0.25) is 0 Å². The Bertz CT molecular complexity index is 159. The van der Waals surface area contributed by atoms with Gasteiger partial charge in [-0.05, 0) is 6.92 Å². The number of alkyl carbamates (subject to hydrolysis) is 1. The van der Waals surface area contributed by atoms with Crippen LogP contribution < -0.4 is 5.32 Å². The minimum absolute atomic E-state index is 0.221. The maximum atomic E-state index is 10.6. The molecule has 0 aromatic rings. The van der Waals surface area contributed by atoms with Crippen molar-refractivity contribution in [1.82, 2.24) is 5.32 Å². The second kappa shape index (κ2) is 3.06. The highest BCUT2D eigenvalue weighted by Gasteiger charge is 2.36.